The van der Waals surface area contributed by atoms with Crippen LogP contribution in [0, 0.1) is 12.3 Å². The summed E-state index contributed by atoms with van der Waals surface area (Å²) in [4.78, 5) is 0. The molecule has 1 rings (SSSR count). The Kier molecular flexibility index (Phi) is 4.62. The van der Waals surface area contributed by atoms with E-state index in [9.17, 15) is 0 Å². The maximum Gasteiger partial charge on any atom is 0.144 e. The molecule has 0 aromatic heterocycles. The molecule has 15 heavy (non-hydrogen) atoms. The molecule has 0 saturated carbocycles. The van der Waals surface area contributed by atoms with Gasteiger partial charge in [0.25, 0.3) is 0 Å². The van der Waals surface area contributed by atoms with Crippen molar-refractivity contribution in [1.82, 2.24) is 0 Å². The first-order valence-corrected chi connectivity index (χ1v) is 6.25. The Hall–Kier alpha value is -0.530. The summed E-state index contributed by atoms with van der Waals surface area (Å²) in [5.74, 6) is 2.74. The molecule has 1 atom stereocenters. The van der Waals surface area contributed by atoms with E-state index in [1.807, 2.05) is 6.07 Å². The van der Waals surface area contributed by atoms with E-state index in [4.69, 9.17) is 6.42 Å². The molecule has 0 bridgehead atoms. The first-order chi connectivity index (χ1) is 7.06. The lowest BCUT2D eigenvalue weighted by Crippen LogP contribution is -2.46. The third-order valence-electron chi connectivity index (χ3n) is 2.50. The summed E-state index contributed by atoms with van der Waals surface area (Å²) in [7, 11) is 4.36. The lowest BCUT2D eigenvalue weighted by molar-refractivity contribution is -0.889. The normalized spacial score (nSPS) is 13.2. The number of alkyl halides is 1. The molecule has 0 N–H and O–H groups in total. The summed E-state index contributed by atoms with van der Waals surface area (Å²) in [6.45, 7) is 0.778. The van der Waals surface area contributed by atoms with Crippen LogP contribution in [0.25, 0.3) is 0 Å². The zero-order valence-electron chi connectivity index (χ0n) is 9.28. The maximum atomic E-state index is 5.38. The van der Waals surface area contributed by atoms with Crippen LogP contribution in [0.3, 0.4) is 0 Å². The molecule has 1 aromatic rings. The van der Waals surface area contributed by atoms with Crippen molar-refractivity contribution in [2.24, 2.45) is 0 Å². The van der Waals surface area contributed by atoms with Gasteiger partial charge in [0.05, 0.1) is 14.1 Å². The molecule has 80 valence electrons. The van der Waals surface area contributed by atoms with Crippen molar-refractivity contribution < 1.29 is 4.48 Å². The van der Waals surface area contributed by atoms with Gasteiger partial charge in [-0.3, -0.25) is 0 Å². The van der Waals surface area contributed by atoms with Crippen molar-refractivity contribution >= 4 is 22.6 Å². The van der Waals surface area contributed by atoms with Crippen LogP contribution in [0.15, 0.2) is 30.3 Å². The van der Waals surface area contributed by atoms with E-state index in [1.54, 1.807) is 0 Å². The molecule has 0 heterocycles. The quantitative estimate of drug-likeness (QED) is 0.264. The van der Waals surface area contributed by atoms with E-state index in [0.29, 0.717) is 4.05 Å². The fraction of sp³-hybridized carbons (Fsp3) is 0.385. The van der Waals surface area contributed by atoms with Crippen LogP contribution in [0.4, 0.5) is 0 Å². The highest BCUT2D eigenvalue weighted by atomic mass is 127. The van der Waals surface area contributed by atoms with E-state index in [2.05, 4.69) is 66.9 Å². The SMILES string of the molecule is C#CC[N+](C)(C)C(I)Cc1ccccc1. The third kappa shape index (κ3) is 3.84. The molecule has 0 aliphatic heterocycles. The number of benzene rings is 1. The van der Waals surface area contributed by atoms with E-state index in [1.165, 1.54) is 5.56 Å². The van der Waals surface area contributed by atoms with E-state index >= 15 is 0 Å². The largest absolute Gasteiger partial charge is 0.308 e. The van der Waals surface area contributed by atoms with Crippen LogP contribution in [0.5, 0.6) is 0 Å². The highest BCUT2D eigenvalue weighted by molar-refractivity contribution is 14.1. The van der Waals surface area contributed by atoms with Crippen LogP contribution in [-0.4, -0.2) is 29.2 Å². The molecule has 1 aromatic carbocycles. The Morgan fingerprint density at radius 1 is 1.33 bits per heavy atom. The van der Waals surface area contributed by atoms with Gasteiger partial charge in [0.2, 0.25) is 0 Å². The van der Waals surface area contributed by atoms with Gasteiger partial charge in [0.1, 0.15) is 10.6 Å². The van der Waals surface area contributed by atoms with Gasteiger partial charge in [-0.1, -0.05) is 30.3 Å². The van der Waals surface area contributed by atoms with E-state index in [-0.39, 0.29) is 0 Å². The Labute approximate surface area is 106 Å². The average molecular weight is 314 g/mol. The number of hydrogen-bond acceptors (Lipinski definition) is 0. The minimum atomic E-state index is 0.515. The van der Waals surface area contributed by atoms with Crippen LogP contribution in [0.2, 0.25) is 0 Å². The van der Waals surface area contributed by atoms with Crippen LogP contribution >= 0.6 is 22.6 Å². The number of hydrogen-bond donors (Lipinski definition) is 0. The Morgan fingerprint density at radius 3 is 2.47 bits per heavy atom. The Morgan fingerprint density at radius 2 is 1.93 bits per heavy atom. The predicted molar refractivity (Wildman–Crippen MR) is 73.8 cm³/mol. The molecule has 1 unspecified atom stereocenters. The summed E-state index contributed by atoms with van der Waals surface area (Å²) in [5, 5.41) is 0. The van der Waals surface area contributed by atoms with Gasteiger partial charge in [-0.25, -0.2) is 0 Å². The summed E-state index contributed by atoms with van der Waals surface area (Å²) >= 11 is 2.49. The Bertz CT molecular complexity index is 337. The van der Waals surface area contributed by atoms with Gasteiger partial charge in [0, 0.05) is 6.42 Å². The summed E-state index contributed by atoms with van der Waals surface area (Å²) in [6.07, 6.45) is 6.44. The highest BCUT2D eigenvalue weighted by Gasteiger charge is 2.24. The van der Waals surface area contributed by atoms with Crippen molar-refractivity contribution in [3.63, 3.8) is 0 Å². The van der Waals surface area contributed by atoms with Gasteiger partial charge >= 0.3 is 0 Å². The molecular weight excluding hydrogens is 297 g/mol. The van der Waals surface area contributed by atoms with Gasteiger partial charge in [-0.05, 0) is 34.1 Å². The standard InChI is InChI=1S/C13H17IN/c1-4-10-15(2,3)13(14)11-12-8-6-5-7-9-12/h1,5-9,13H,10-11H2,2-3H3/q+1. The van der Waals surface area contributed by atoms with Gasteiger partial charge in [-0.2, -0.15) is 0 Å². The lowest BCUT2D eigenvalue weighted by atomic mass is 10.1. The van der Waals surface area contributed by atoms with Crippen LogP contribution in [-0.2, 0) is 6.42 Å². The smallest absolute Gasteiger partial charge is 0.144 e. The molecule has 2 heteroatoms. The van der Waals surface area contributed by atoms with Crippen molar-refractivity contribution in [2.75, 3.05) is 20.6 Å². The minimum Gasteiger partial charge on any atom is -0.308 e. The van der Waals surface area contributed by atoms with Crippen molar-refractivity contribution in [1.29, 1.82) is 0 Å². The fourth-order valence-electron chi connectivity index (χ4n) is 1.39. The maximum absolute atomic E-state index is 5.38. The monoisotopic (exact) mass is 314 g/mol. The zero-order chi connectivity index (χ0) is 11.3. The van der Waals surface area contributed by atoms with Gasteiger partial charge < -0.3 is 4.48 Å². The van der Waals surface area contributed by atoms with Crippen LogP contribution in [0.1, 0.15) is 5.56 Å². The molecule has 0 fully saturated rings. The Balaban J connectivity index is 2.64. The number of nitrogens with zero attached hydrogens (tertiary/aromatic N) is 1. The second kappa shape index (κ2) is 5.53. The van der Waals surface area contributed by atoms with Gasteiger partial charge in [-0.15, -0.1) is 6.42 Å². The number of terminal acetylenes is 1. The number of halogens is 1. The second-order valence-corrected chi connectivity index (χ2v) is 5.70. The number of likely N-dealkylation sites (N-methyl/N-ethyl adjacent to an activating group) is 1. The molecule has 0 spiro atoms. The summed E-state index contributed by atoms with van der Waals surface area (Å²) in [6, 6.07) is 10.6. The molecule has 0 radical (unpaired) electrons. The average Bonchev–Trinajstić information content (AvgIpc) is 2.19. The molecule has 0 saturated heterocycles. The minimum absolute atomic E-state index is 0.515. The van der Waals surface area contributed by atoms with E-state index in [0.717, 1.165) is 17.4 Å². The summed E-state index contributed by atoms with van der Waals surface area (Å²) < 4.78 is 1.38. The molecular formula is C13H17IN+. The third-order valence-corrected chi connectivity index (χ3v) is 4.45. The second-order valence-electron chi connectivity index (χ2n) is 4.27. The van der Waals surface area contributed by atoms with Crippen molar-refractivity contribution in [3.05, 3.63) is 35.9 Å². The number of quaternary nitrogens is 1. The van der Waals surface area contributed by atoms with E-state index < -0.39 is 0 Å². The predicted octanol–water partition coefficient (Wildman–Crippen LogP) is 2.70. The highest BCUT2D eigenvalue weighted by Crippen LogP contribution is 2.18. The van der Waals surface area contributed by atoms with Crippen LogP contribution < -0.4 is 0 Å². The molecule has 0 amide bonds. The summed E-state index contributed by atoms with van der Waals surface area (Å²) in [5.41, 5.74) is 1.38. The molecule has 0 aliphatic rings. The van der Waals surface area contributed by atoms with Crippen molar-refractivity contribution in [2.45, 2.75) is 10.5 Å². The lowest BCUT2D eigenvalue weighted by Gasteiger charge is -2.33. The first kappa shape index (κ1) is 12.5. The van der Waals surface area contributed by atoms with Crippen molar-refractivity contribution in [3.8, 4) is 12.3 Å². The topological polar surface area (TPSA) is 0 Å². The fourth-order valence-corrected chi connectivity index (χ4v) is 2.10. The first-order valence-electron chi connectivity index (χ1n) is 5.00. The molecule has 0 aliphatic carbocycles. The zero-order valence-corrected chi connectivity index (χ0v) is 11.4. The number of rotatable bonds is 4. The molecule has 1 nitrogen and oxygen atoms in total. The van der Waals surface area contributed by atoms with Gasteiger partial charge in [0.15, 0.2) is 0 Å².